The Morgan fingerprint density at radius 3 is 2.32 bits per heavy atom. The summed E-state index contributed by atoms with van der Waals surface area (Å²) in [4.78, 5) is 16.7. The van der Waals surface area contributed by atoms with Crippen molar-refractivity contribution in [3.63, 3.8) is 0 Å². The minimum atomic E-state index is -0.578. The van der Waals surface area contributed by atoms with Crippen LogP contribution in [0.4, 0.5) is 4.39 Å². The van der Waals surface area contributed by atoms with E-state index in [1.165, 1.54) is 29.8 Å². The number of hydrogen-bond donors (Lipinski definition) is 0. The van der Waals surface area contributed by atoms with Crippen molar-refractivity contribution in [2.75, 3.05) is 26.2 Å². The molecule has 0 bridgehead atoms. The van der Waals surface area contributed by atoms with E-state index in [0.29, 0.717) is 18.8 Å². The molecule has 0 spiro atoms. The van der Waals surface area contributed by atoms with E-state index in [4.69, 9.17) is 4.74 Å². The average Bonchev–Trinajstić information content (AvgIpc) is 2.64. The lowest BCUT2D eigenvalue weighted by Crippen LogP contribution is -2.51. The monoisotopic (exact) mass is 342 g/mol. The molecule has 4 nitrogen and oxygen atoms in total. The number of amides is 1. The molecule has 5 heteroatoms. The maximum Gasteiger partial charge on any atom is 0.263 e. The lowest BCUT2D eigenvalue weighted by atomic mass is 10.2. The molecule has 2 aromatic rings. The van der Waals surface area contributed by atoms with Gasteiger partial charge in [0.25, 0.3) is 5.91 Å². The Kier molecular flexibility index (Phi) is 5.66. The van der Waals surface area contributed by atoms with Crippen LogP contribution in [-0.2, 0) is 11.3 Å². The third-order valence-electron chi connectivity index (χ3n) is 4.41. The highest BCUT2D eigenvalue weighted by atomic mass is 19.1. The van der Waals surface area contributed by atoms with Gasteiger partial charge in [0.05, 0.1) is 0 Å². The van der Waals surface area contributed by atoms with Crippen LogP contribution in [0.15, 0.2) is 54.6 Å². The third kappa shape index (κ3) is 4.79. The summed E-state index contributed by atoms with van der Waals surface area (Å²) in [5.41, 5.74) is 1.29. The van der Waals surface area contributed by atoms with Crippen molar-refractivity contribution in [1.29, 1.82) is 0 Å². The predicted molar refractivity (Wildman–Crippen MR) is 94.8 cm³/mol. The van der Waals surface area contributed by atoms with Gasteiger partial charge in [0.2, 0.25) is 0 Å². The number of carbonyl (C=O) groups excluding carboxylic acids is 1. The van der Waals surface area contributed by atoms with Crippen LogP contribution in [0.5, 0.6) is 5.75 Å². The summed E-state index contributed by atoms with van der Waals surface area (Å²) >= 11 is 0. The van der Waals surface area contributed by atoms with Gasteiger partial charge in [0, 0.05) is 32.7 Å². The first-order chi connectivity index (χ1) is 12.1. The molecular formula is C20H23FN2O2. The molecule has 0 aliphatic carbocycles. The standard InChI is InChI=1S/C20H23FN2O2/c1-16(25-19-9-7-18(21)8-10-19)20(24)23-13-11-22(12-14-23)15-17-5-3-2-4-6-17/h2-10,16H,11-15H2,1H3/t16-/m1/s1. The molecule has 0 radical (unpaired) electrons. The Labute approximate surface area is 147 Å². The van der Waals surface area contributed by atoms with E-state index in [1.54, 1.807) is 6.92 Å². The van der Waals surface area contributed by atoms with Gasteiger partial charge >= 0.3 is 0 Å². The first-order valence-electron chi connectivity index (χ1n) is 8.59. The van der Waals surface area contributed by atoms with E-state index in [1.807, 2.05) is 23.1 Å². The van der Waals surface area contributed by atoms with Crippen LogP contribution in [-0.4, -0.2) is 48.0 Å². The van der Waals surface area contributed by atoms with Crippen LogP contribution in [0.1, 0.15) is 12.5 Å². The van der Waals surface area contributed by atoms with E-state index >= 15 is 0 Å². The molecule has 2 aromatic carbocycles. The van der Waals surface area contributed by atoms with Gasteiger partial charge in [-0.3, -0.25) is 9.69 Å². The number of benzene rings is 2. The zero-order valence-electron chi connectivity index (χ0n) is 14.4. The van der Waals surface area contributed by atoms with Gasteiger partial charge in [-0.1, -0.05) is 30.3 Å². The highest BCUT2D eigenvalue weighted by Crippen LogP contribution is 2.15. The smallest absolute Gasteiger partial charge is 0.263 e. The highest BCUT2D eigenvalue weighted by molar-refractivity contribution is 5.81. The molecule has 0 saturated carbocycles. The zero-order valence-corrected chi connectivity index (χ0v) is 14.4. The molecule has 1 fully saturated rings. The minimum absolute atomic E-state index is 0.0244. The fourth-order valence-electron chi connectivity index (χ4n) is 2.99. The molecule has 0 N–H and O–H groups in total. The first-order valence-corrected chi connectivity index (χ1v) is 8.59. The number of rotatable bonds is 5. The molecule has 1 saturated heterocycles. The van der Waals surface area contributed by atoms with Gasteiger partial charge in [-0.15, -0.1) is 0 Å². The minimum Gasteiger partial charge on any atom is -0.481 e. The van der Waals surface area contributed by atoms with Crippen LogP contribution in [0.3, 0.4) is 0 Å². The molecule has 1 heterocycles. The summed E-state index contributed by atoms with van der Waals surface area (Å²) in [7, 11) is 0. The molecule has 132 valence electrons. The summed E-state index contributed by atoms with van der Waals surface area (Å²) in [6, 6.07) is 16.1. The molecule has 1 aliphatic heterocycles. The fraction of sp³-hybridized carbons (Fsp3) is 0.350. The van der Waals surface area contributed by atoms with Crippen molar-refractivity contribution in [3.05, 3.63) is 66.0 Å². The molecule has 1 amide bonds. The fourth-order valence-corrected chi connectivity index (χ4v) is 2.99. The van der Waals surface area contributed by atoms with Crippen LogP contribution >= 0.6 is 0 Å². The summed E-state index contributed by atoms with van der Waals surface area (Å²) in [5, 5.41) is 0. The van der Waals surface area contributed by atoms with Crippen LogP contribution in [0.25, 0.3) is 0 Å². The van der Waals surface area contributed by atoms with Crippen LogP contribution in [0.2, 0.25) is 0 Å². The van der Waals surface area contributed by atoms with E-state index in [-0.39, 0.29) is 11.7 Å². The average molecular weight is 342 g/mol. The van der Waals surface area contributed by atoms with Crippen molar-refractivity contribution in [2.24, 2.45) is 0 Å². The molecule has 0 aromatic heterocycles. The lowest BCUT2D eigenvalue weighted by Gasteiger charge is -2.35. The van der Waals surface area contributed by atoms with Gasteiger partial charge in [0.15, 0.2) is 6.10 Å². The van der Waals surface area contributed by atoms with E-state index in [0.717, 1.165) is 19.6 Å². The topological polar surface area (TPSA) is 32.8 Å². The SMILES string of the molecule is C[C@@H](Oc1ccc(F)cc1)C(=O)N1CCN(Cc2ccccc2)CC1. The quantitative estimate of drug-likeness (QED) is 0.838. The highest BCUT2D eigenvalue weighted by Gasteiger charge is 2.26. The number of hydrogen-bond acceptors (Lipinski definition) is 3. The molecular weight excluding hydrogens is 319 g/mol. The Balaban J connectivity index is 1.48. The molecule has 25 heavy (non-hydrogen) atoms. The van der Waals surface area contributed by atoms with Gasteiger partial charge in [-0.05, 0) is 36.8 Å². The summed E-state index contributed by atoms with van der Waals surface area (Å²) in [5.74, 6) is 0.162. The van der Waals surface area contributed by atoms with Crippen molar-refractivity contribution < 1.29 is 13.9 Å². The second kappa shape index (κ2) is 8.12. The van der Waals surface area contributed by atoms with Crippen LogP contribution in [0, 0.1) is 5.82 Å². The zero-order chi connectivity index (χ0) is 17.6. The molecule has 0 unspecified atom stereocenters. The van der Waals surface area contributed by atoms with E-state index in [2.05, 4.69) is 17.0 Å². The largest absolute Gasteiger partial charge is 0.481 e. The second-order valence-electron chi connectivity index (χ2n) is 6.30. The Bertz CT molecular complexity index is 683. The first kappa shape index (κ1) is 17.4. The summed E-state index contributed by atoms with van der Waals surface area (Å²) in [6.07, 6.45) is -0.578. The van der Waals surface area contributed by atoms with Gasteiger partial charge in [0.1, 0.15) is 11.6 Å². The molecule has 1 aliphatic rings. The van der Waals surface area contributed by atoms with Gasteiger partial charge < -0.3 is 9.64 Å². The van der Waals surface area contributed by atoms with Crippen molar-refractivity contribution in [1.82, 2.24) is 9.80 Å². The Hall–Kier alpha value is -2.40. The summed E-state index contributed by atoms with van der Waals surface area (Å²) in [6.45, 7) is 5.74. The number of halogens is 1. The van der Waals surface area contributed by atoms with E-state index < -0.39 is 6.10 Å². The number of nitrogens with zero attached hydrogens (tertiary/aromatic N) is 2. The molecule has 1 atom stereocenters. The molecule has 3 rings (SSSR count). The van der Waals surface area contributed by atoms with Gasteiger partial charge in [-0.25, -0.2) is 4.39 Å². The number of piperazine rings is 1. The van der Waals surface area contributed by atoms with Gasteiger partial charge in [-0.2, -0.15) is 0 Å². The van der Waals surface area contributed by atoms with Crippen LogP contribution < -0.4 is 4.74 Å². The normalized spacial score (nSPS) is 16.5. The van der Waals surface area contributed by atoms with Crippen molar-refractivity contribution in [2.45, 2.75) is 19.6 Å². The van der Waals surface area contributed by atoms with Crippen molar-refractivity contribution >= 4 is 5.91 Å². The lowest BCUT2D eigenvalue weighted by molar-refractivity contribution is -0.139. The Morgan fingerprint density at radius 1 is 1.04 bits per heavy atom. The predicted octanol–water partition coefficient (Wildman–Crippen LogP) is 2.94. The summed E-state index contributed by atoms with van der Waals surface area (Å²) < 4.78 is 18.6. The number of ether oxygens (including phenoxy) is 1. The number of carbonyl (C=O) groups is 1. The maximum absolute atomic E-state index is 12.9. The third-order valence-corrected chi connectivity index (χ3v) is 4.41. The van der Waals surface area contributed by atoms with E-state index in [9.17, 15) is 9.18 Å². The van der Waals surface area contributed by atoms with Crippen molar-refractivity contribution in [3.8, 4) is 5.75 Å². The maximum atomic E-state index is 12.9. The Morgan fingerprint density at radius 2 is 1.68 bits per heavy atom. The second-order valence-corrected chi connectivity index (χ2v) is 6.30.